The number of methoxy groups -OCH3 is 1. The summed E-state index contributed by atoms with van der Waals surface area (Å²) in [5.41, 5.74) is 3.50. The van der Waals surface area contributed by atoms with Crippen LogP contribution in [0.2, 0.25) is 0 Å². The molecule has 272 valence electrons. The van der Waals surface area contributed by atoms with Gasteiger partial charge in [-0.1, -0.05) is 69.3 Å². The van der Waals surface area contributed by atoms with Crippen LogP contribution in [0.1, 0.15) is 55.1 Å². The highest BCUT2D eigenvalue weighted by Crippen LogP contribution is 2.61. The summed E-state index contributed by atoms with van der Waals surface area (Å²) in [5.74, 6) is 3.47. The van der Waals surface area contributed by atoms with E-state index < -0.39 is 4.92 Å². The second-order valence-electron chi connectivity index (χ2n) is 15.5. The zero-order chi connectivity index (χ0) is 36.4. The minimum absolute atomic E-state index is 0.0836. The Labute approximate surface area is 305 Å². The number of ether oxygens (including phenoxy) is 1. The van der Waals surface area contributed by atoms with Crippen LogP contribution >= 0.6 is 11.8 Å². The van der Waals surface area contributed by atoms with E-state index in [1.165, 1.54) is 18.6 Å². The first-order chi connectivity index (χ1) is 24.3. The van der Waals surface area contributed by atoms with Crippen molar-refractivity contribution < 1.29 is 19.2 Å². The SMILES string of the molecule is COc1c(CN2CSC[C@H]2C(=O)N[C@H]2C[C@@H]3C[C@H]([C@@H]2C)C3(C)C)cccc1-c1cc(C(=O)N[C@@H](Cc2ccccc2)CN(C)C)cc([N+](=O)[O-])c1. The Bertz CT molecular complexity index is 1750. The molecule has 3 aromatic carbocycles. The van der Waals surface area contributed by atoms with E-state index >= 15 is 0 Å². The summed E-state index contributed by atoms with van der Waals surface area (Å²) in [6.45, 7) is 8.12. The largest absolute Gasteiger partial charge is 0.496 e. The van der Waals surface area contributed by atoms with Crippen LogP contribution in [0.3, 0.4) is 0 Å². The maximum absolute atomic E-state index is 13.7. The third-order valence-corrected chi connectivity index (χ3v) is 12.6. The number of non-ortho nitro benzene ring substituents is 1. The first-order valence-corrected chi connectivity index (χ1v) is 19.1. The van der Waals surface area contributed by atoms with Crippen LogP contribution in [-0.4, -0.2) is 84.0 Å². The van der Waals surface area contributed by atoms with E-state index in [1.54, 1.807) is 24.9 Å². The first-order valence-electron chi connectivity index (χ1n) is 17.9. The monoisotopic (exact) mass is 713 g/mol. The molecule has 3 saturated carbocycles. The maximum Gasteiger partial charge on any atom is 0.270 e. The molecule has 3 aliphatic carbocycles. The Hall–Kier alpha value is -3.93. The van der Waals surface area contributed by atoms with Gasteiger partial charge in [0.05, 0.1) is 18.1 Å². The summed E-state index contributed by atoms with van der Waals surface area (Å²) in [4.78, 5) is 43.3. The number of fused-ring (bicyclic) bond motifs is 2. The number of thioether (sulfide) groups is 1. The van der Waals surface area contributed by atoms with Gasteiger partial charge in [0.2, 0.25) is 5.91 Å². The number of amides is 2. The van der Waals surface area contributed by atoms with Gasteiger partial charge in [-0.15, -0.1) is 11.8 Å². The highest BCUT2D eigenvalue weighted by atomic mass is 32.2. The zero-order valence-corrected chi connectivity index (χ0v) is 31.4. The van der Waals surface area contributed by atoms with Crippen molar-refractivity contribution in [3.05, 3.63) is 93.5 Å². The highest BCUT2D eigenvalue weighted by Gasteiger charge is 2.56. The predicted octanol–water partition coefficient (Wildman–Crippen LogP) is 6.23. The van der Waals surface area contributed by atoms with Gasteiger partial charge in [0, 0.05) is 65.6 Å². The fraction of sp³-hybridized carbons (Fsp3) is 0.500. The van der Waals surface area contributed by atoms with Crippen LogP contribution in [0.15, 0.2) is 66.7 Å². The van der Waals surface area contributed by atoms with Crippen LogP contribution in [-0.2, 0) is 17.8 Å². The summed E-state index contributed by atoms with van der Waals surface area (Å²) >= 11 is 1.74. The van der Waals surface area contributed by atoms with E-state index in [2.05, 4.69) is 36.3 Å². The van der Waals surface area contributed by atoms with Crippen molar-refractivity contribution in [3.63, 3.8) is 0 Å². The molecule has 2 bridgehead atoms. The van der Waals surface area contributed by atoms with Gasteiger partial charge < -0.3 is 20.3 Å². The Morgan fingerprint density at radius 2 is 1.86 bits per heavy atom. The highest BCUT2D eigenvalue weighted by molar-refractivity contribution is 7.99. The lowest BCUT2D eigenvalue weighted by Gasteiger charge is -2.62. The fourth-order valence-corrected chi connectivity index (χ4v) is 9.86. The van der Waals surface area contributed by atoms with Crippen molar-refractivity contribution in [1.29, 1.82) is 0 Å². The van der Waals surface area contributed by atoms with Crippen LogP contribution in [0.25, 0.3) is 11.1 Å². The van der Waals surface area contributed by atoms with Crippen LogP contribution in [0.4, 0.5) is 5.69 Å². The molecule has 1 heterocycles. The van der Waals surface area contributed by atoms with E-state index in [-0.39, 0.29) is 41.2 Å². The molecule has 7 rings (SSSR count). The van der Waals surface area contributed by atoms with Crippen molar-refractivity contribution in [2.75, 3.05) is 39.4 Å². The number of likely N-dealkylation sites (N-methyl/N-ethyl adjacent to an activating group) is 1. The molecule has 11 heteroatoms. The third kappa shape index (κ3) is 7.95. The van der Waals surface area contributed by atoms with E-state index in [9.17, 15) is 19.7 Å². The van der Waals surface area contributed by atoms with Gasteiger partial charge >= 0.3 is 0 Å². The molecule has 2 N–H and O–H groups in total. The predicted molar refractivity (Wildman–Crippen MR) is 203 cm³/mol. The number of hydrogen-bond acceptors (Lipinski definition) is 8. The molecule has 1 aliphatic heterocycles. The number of nitro groups is 1. The summed E-state index contributed by atoms with van der Waals surface area (Å²) in [6, 6.07) is 19.9. The van der Waals surface area contributed by atoms with E-state index in [0.717, 1.165) is 23.3 Å². The Balaban J connectivity index is 1.21. The van der Waals surface area contributed by atoms with Gasteiger partial charge in [-0.2, -0.15) is 0 Å². The molecule has 1 saturated heterocycles. The normalized spacial score (nSPS) is 24.4. The van der Waals surface area contributed by atoms with Gasteiger partial charge in [-0.05, 0) is 73.7 Å². The number of carbonyl (C=O) groups excluding carboxylic acids is 2. The third-order valence-electron chi connectivity index (χ3n) is 11.6. The molecular formula is C40H51N5O5S. The lowest BCUT2D eigenvalue weighted by molar-refractivity contribution is -0.384. The molecule has 2 amide bonds. The van der Waals surface area contributed by atoms with Crippen molar-refractivity contribution in [1.82, 2.24) is 20.4 Å². The number of para-hydroxylation sites is 1. The molecule has 3 aromatic rings. The van der Waals surface area contributed by atoms with Gasteiger partial charge in [0.25, 0.3) is 11.6 Å². The average molecular weight is 714 g/mol. The van der Waals surface area contributed by atoms with E-state index in [0.29, 0.717) is 65.4 Å². The molecule has 10 nitrogen and oxygen atoms in total. The molecule has 0 unspecified atom stereocenters. The van der Waals surface area contributed by atoms with Gasteiger partial charge in [0.1, 0.15) is 5.75 Å². The summed E-state index contributed by atoms with van der Waals surface area (Å²) in [6.07, 6.45) is 2.93. The van der Waals surface area contributed by atoms with Crippen molar-refractivity contribution in [3.8, 4) is 16.9 Å². The van der Waals surface area contributed by atoms with Gasteiger partial charge in [0.15, 0.2) is 0 Å². The van der Waals surface area contributed by atoms with E-state index in [1.807, 2.05) is 67.5 Å². The van der Waals surface area contributed by atoms with Gasteiger partial charge in [-0.25, -0.2) is 0 Å². The molecule has 0 spiro atoms. The molecule has 6 atom stereocenters. The number of nitro benzene ring substituents is 1. The summed E-state index contributed by atoms with van der Waals surface area (Å²) in [7, 11) is 5.48. The topological polar surface area (TPSA) is 117 Å². The lowest BCUT2D eigenvalue weighted by Crippen LogP contribution is -2.62. The lowest BCUT2D eigenvalue weighted by atomic mass is 9.45. The number of rotatable bonds is 13. The smallest absolute Gasteiger partial charge is 0.270 e. The molecule has 4 aliphatic rings. The molecular weight excluding hydrogens is 663 g/mol. The zero-order valence-electron chi connectivity index (χ0n) is 30.6. The Kier molecular flexibility index (Phi) is 11.1. The molecule has 0 aromatic heterocycles. The van der Waals surface area contributed by atoms with Gasteiger partial charge in [-0.3, -0.25) is 24.6 Å². The minimum Gasteiger partial charge on any atom is -0.496 e. The minimum atomic E-state index is -0.472. The molecule has 0 radical (unpaired) electrons. The van der Waals surface area contributed by atoms with E-state index in [4.69, 9.17) is 4.74 Å². The fourth-order valence-electron chi connectivity index (χ4n) is 8.66. The maximum atomic E-state index is 13.7. The second kappa shape index (κ2) is 15.4. The Morgan fingerprint density at radius 3 is 2.53 bits per heavy atom. The number of benzene rings is 3. The number of nitrogens with one attached hydrogen (secondary N) is 2. The summed E-state index contributed by atoms with van der Waals surface area (Å²) < 4.78 is 5.97. The summed E-state index contributed by atoms with van der Waals surface area (Å²) in [5, 5.41) is 18.7. The Morgan fingerprint density at radius 1 is 1.10 bits per heavy atom. The van der Waals surface area contributed by atoms with Crippen molar-refractivity contribution in [2.45, 2.75) is 64.7 Å². The van der Waals surface area contributed by atoms with Crippen molar-refractivity contribution in [2.24, 2.45) is 23.2 Å². The number of hydrogen-bond donors (Lipinski definition) is 2. The molecule has 51 heavy (non-hydrogen) atoms. The molecule has 4 fully saturated rings. The van der Waals surface area contributed by atoms with Crippen LogP contribution in [0.5, 0.6) is 5.75 Å². The second-order valence-corrected chi connectivity index (χ2v) is 16.5. The average Bonchev–Trinajstić information content (AvgIpc) is 3.57. The first kappa shape index (κ1) is 36.8. The van der Waals surface area contributed by atoms with Crippen molar-refractivity contribution >= 4 is 29.3 Å². The number of nitrogens with zero attached hydrogens (tertiary/aromatic N) is 3. The van der Waals surface area contributed by atoms with Crippen LogP contribution < -0.4 is 15.4 Å². The standard InChI is InChI=1S/C40H51N5O5S/c1-25-34-19-30(40(34,2)3)20-35(25)42-39(47)36-23-51-24-44(36)21-27-13-10-14-33(37(27)50-6)28-16-29(18-32(17-28)45(48)49)38(46)41-31(22-43(4)5)15-26-11-8-7-9-12-26/h7-14,16-18,25,30-31,34-36H,15,19-24H2,1-6H3,(H,41,46)(H,42,47)/t25-,30-,31-,34+,35-,36-/m0/s1. The quantitative estimate of drug-likeness (QED) is 0.158. The van der Waals surface area contributed by atoms with Crippen LogP contribution in [0, 0.1) is 33.3 Å². The number of carbonyl (C=O) groups is 2.